The third-order valence-electron chi connectivity index (χ3n) is 5.60. The molecule has 0 saturated carbocycles. The fourth-order valence-electron chi connectivity index (χ4n) is 3.82. The van der Waals surface area contributed by atoms with Crippen LogP contribution in [0.25, 0.3) is 10.9 Å². The molecule has 0 aliphatic heterocycles. The van der Waals surface area contributed by atoms with Gasteiger partial charge < -0.3 is 14.5 Å². The predicted octanol–water partition coefficient (Wildman–Crippen LogP) is 4.10. The number of carbonyl (C=O) groups is 2. The second kappa shape index (κ2) is 10.6. The summed E-state index contributed by atoms with van der Waals surface area (Å²) in [4.78, 5) is 42.6. The summed E-state index contributed by atoms with van der Waals surface area (Å²) in [6.07, 6.45) is 1.53. The van der Waals surface area contributed by atoms with E-state index in [9.17, 15) is 14.4 Å². The Labute approximate surface area is 206 Å². The quantitative estimate of drug-likeness (QED) is 0.225. The number of benzene rings is 2. The van der Waals surface area contributed by atoms with Crippen molar-refractivity contribution in [2.75, 3.05) is 12.9 Å². The van der Waals surface area contributed by atoms with E-state index < -0.39 is 5.97 Å². The summed E-state index contributed by atoms with van der Waals surface area (Å²) in [6, 6.07) is 15.8. The minimum atomic E-state index is -0.521. The Balaban J connectivity index is 1.62. The lowest BCUT2D eigenvalue weighted by atomic mass is 10.0. The summed E-state index contributed by atoms with van der Waals surface area (Å²) in [6.45, 7) is 4.10. The molecule has 8 nitrogen and oxygen atoms in total. The molecule has 4 aromatic rings. The lowest BCUT2D eigenvalue weighted by molar-refractivity contribution is -0.119. The number of ether oxygens (including phenoxy) is 1. The Morgan fingerprint density at radius 1 is 1.17 bits per heavy atom. The van der Waals surface area contributed by atoms with E-state index >= 15 is 0 Å². The van der Waals surface area contributed by atoms with Gasteiger partial charge in [0.1, 0.15) is 5.76 Å². The van der Waals surface area contributed by atoms with Gasteiger partial charge in [-0.3, -0.25) is 14.2 Å². The van der Waals surface area contributed by atoms with Gasteiger partial charge in [-0.25, -0.2) is 9.78 Å². The molecule has 2 aromatic carbocycles. The van der Waals surface area contributed by atoms with E-state index in [-0.39, 0.29) is 35.4 Å². The average molecular weight is 492 g/mol. The number of fused-ring (bicyclic) bond motifs is 1. The van der Waals surface area contributed by atoms with Gasteiger partial charge in [0.25, 0.3) is 5.56 Å². The minimum absolute atomic E-state index is 0.0585. The molecule has 1 unspecified atom stereocenters. The van der Waals surface area contributed by atoms with Crippen LogP contribution < -0.4 is 10.9 Å². The van der Waals surface area contributed by atoms with Crippen LogP contribution in [-0.4, -0.2) is 34.3 Å². The first-order chi connectivity index (χ1) is 16.9. The molecular formula is C26H25N3O5S. The summed E-state index contributed by atoms with van der Waals surface area (Å²) in [7, 11) is 1.29. The number of esters is 1. The van der Waals surface area contributed by atoms with Crippen LogP contribution in [-0.2, 0) is 16.1 Å². The third kappa shape index (κ3) is 5.46. The molecule has 9 heteroatoms. The molecule has 2 heterocycles. The zero-order valence-corrected chi connectivity index (χ0v) is 20.4. The maximum atomic E-state index is 13.3. The molecule has 4 rings (SSSR count). The van der Waals surface area contributed by atoms with Gasteiger partial charge in [-0.2, -0.15) is 0 Å². The Hall–Kier alpha value is -3.85. The zero-order chi connectivity index (χ0) is 24.9. The fourth-order valence-corrected chi connectivity index (χ4v) is 4.63. The number of furan rings is 1. The fraction of sp³-hybridized carbons (Fsp3) is 0.231. The Morgan fingerprint density at radius 3 is 2.69 bits per heavy atom. The Bertz CT molecular complexity index is 1430. The number of hydrogen-bond acceptors (Lipinski definition) is 7. The van der Waals surface area contributed by atoms with Crippen LogP contribution in [0.4, 0.5) is 0 Å². The highest BCUT2D eigenvalue weighted by Crippen LogP contribution is 2.22. The molecule has 2 aromatic heterocycles. The average Bonchev–Trinajstić information content (AvgIpc) is 3.37. The van der Waals surface area contributed by atoms with Crippen molar-refractivity contribution >= 4 is 34.5 Å². The topological polar surface area (TPSA) is 103 Å². The van der Waals surface area contributed by atoms with Gasteiger partial charge in [-0.1, -0.05) is 36.0 Å². The van der Waals surface area contributed by atoms with Gasteiger partial charge in [0, 0.05) is 0 Å². The smallest absolute Gasteiger partial charge is 0.337 e. The molecule has 1 N–H and O–H groups in total. The highest BCUT2D eigenvalue weighted by Gasteiger charge is 2.18. The highest BCUT2D eigenvalue weighted by molar-refractivity contribution is 7.99. The van der Waals surface area contributed by atoms with E-state index in [1.807, 2.05) is 38.1 Å². The van der Waals surface area contributed by atoms with Crippen LogP contribution >= 0.6 is 11.8 Å². The van der Waals surface area contributed by atoms with E-state index in [4.69, 9.17) is 9.15 Å². The summed E-state index contributed by atoms with van der Waals surface area (Å²) in [5.41, 5.74) is 2.48. The summed E-state index contributed by atoms with van der Waals surface area (Å²) in [5, 5.41) is 3.70. The van der Waals surface area contributed by atoms with Crippen molar-refractivity contribution in [1.29, 1.82) is 0 Å². The number of rotatable bonds is 8. The molecule has 35 heavy (non-hydrogen) atoms. The van der Waals surface area contributed by atoms with Crippen molar-refractivity contribution < 1.29 is 18.7 Å². The maximum Gasteiger partial charge on any atom is 0.337 e. The number of hydrogen-bond donors (Lipinski definition) is 1. The molecule has 0 saturated heterocycles. The molecule has 1 amide bonds. The van der Waals surface area contributed by atoms with E-state index in [2.05, 4.69) is 10.3 Å². The van der Waals surface area contributed by atoms with Crippen molar-refractivity contribution in [2.45, 2.75) is 31.6 Å². The van der Waals surface area contributed by atoms with Crippen LogP contribution in [0.5, 0.6) is 0 Å². The summed E-state index contributed by atoms with van der Waals surface area (Å²) in [5.74, 6) is -0.0673. The maximum absolute atomic E-state index is 13.3. The number of carbonyl (C=O) groups excluding carboxylic acids is 2. The Kier molecular flexibility index (Phi) is 7.36. The highest BCUT2D eigenvalue weighted by atomic mass is 32.2. The number of methoxy groups -OCH3 is 1. The SMILES string of the molecule is COC(=O)c1ccc2c(=O)n(Cc3ccco3)c(SCC(=O)NC(C)c3ccccc3C)nc2c1. The molecule has 0 bridgehead atoms. The van der Waals surface area contributed by atoms with Gasteiger partial charge in [-0.05, 0) is 55.3 Å². The van der Waals surface area contributed by atoms with Crippen molar-refractivity contribution in [3.63, 3.8) is 0 Å². The van der Waals surface area contributed by atoms with E-state index in [0.717, 1.165) is 22.9 Å². The van der Waals surface area contributed by atoms with Crippen LogP contribution in [0.1, 0.15) is 40.2 Å². The molecule has 180 valence electrons. The number of nitrogens with one attached hydrogen (secondary N) is 1. The number of aromatic nitrogens is 2. The standard InChI is InChI=1S/C26H25N3O5S/c1-16-7-4-5-9-20(16)17(2)27-23(30)15-35-26-28-22-13-18(25(32)33-3)10-11-21(22)24(31)29(26)14-19-8-6-12-34-19/h4-13,17H,14-15H2,1-3H3,(H,27,30). The largest absolute Gasteiger partial charge is 0.467 e. The molecule has 0 aliphatic rings. The van der Waals surface area contributed by atoms with E-state index in [1.54, 1.807) is 18.2 Å². The first-order valence-corrected chi connectivity index (χ1v) is 12.0. The van der Waals surface area contributed by atoms with Crippen LogP contribution in [0.3, 0.4) is 0 Å². The van der Waals surface area contributed by atoms with Crippen molar-refractivity contribution in [1.82, 2.24) is 14.9 Å². The molecule has 0 fully saturated rings. The lowest BCUT2D eigenvalue weighted by Crippen LogP contribution is -2.29. The van der Waals surface area contributed by atoms with Gasteiger partial charge >= 0.3 is 5.97 Å². The first-order valence-electron chi connectivity index (χ1n) is 11.0. The van der Waals surface area contributed by atoms with Gasteiger partial charge in [0.15, 0.2) is 5.16 Å². The molecule has 0 radical (unpaired) electrons. The van der Waals surface area contributed by atoms with Gasteiger partial charge in [0.05, 0.1) is 48.2 Å². The predicted molar refractivity (Wildman–Crippen MR) is 134 cm³/mol. The molecule has 0 aliphatic carbocycles. The van der Waals surface area contributed by atoms with E-state index in [0.29, 0.717) is 21.8 Å². The summed E-state index contributed by atoms with van der Waals surface area (Å²) >= 11 is 1.15. The number of thioether (sulfide) groups is 1. The Morgan fingerprint density at radius 2 is 1.97 bits per heavy atom. The number of nitrogens with zero attached hydrogens (tertiary/aromatic N) is 2. The zero-order valence-electron chi connectivity index (χ0n) is 19.6. The van der Waals surface area contributed by atoms with Crippen molar-refractivity contribution in [2.24, 2.45) is 0 Å². The number of amides is 1. The third-order valence-corrected chi connectivity index (χ3v) is 6.58. The van der Waals surface area contributed by atoms with Crippen LogP contribution in [0.15, 0.2) is 75.2 Å². The van der Waals surface area contributed by atoms with Crippen LogP contribution in [0, 0.1) is 6.92 Å². The van der Waals surface area contributed by atoms with Gasteiger partial charge in [-0.15, -0.1) is 0 Å². The van der Waals surface area contributed by atoms with E-state index in [1.165, 1.54) is 30.1 Å². The molecule has 0 spiro atoms. The second-order valence-electron chi connectivity index (χ2n) is 8.02. The van der Waals surface area contributed by atoms with Gasteiger partial charge in [0.2, 0.25) is 5.91 Å². The number of aryl methyl sites for hydroxylation is 1. The molecule has 1 atom stereocenters. The van der Waals surface area contributed by atoms with Crippen molar-refractivity contribution in [3.8, 4) is 0 Å². The lowest BCUT2D eigenvalue weighted by Gasteiger charge is -2.17. The monoisotopic (exact) mass is 491 g/mol. The van der Waals surface area contributed by atoms with Crippen LogP contribution in [0.2, 0.25) is 0 Å². The molecular weight excluding hydrogens is 466 g/mol. The van der Waals surface area contributed by atoms with Crippen molar-refractivity contribution in [3.05, 3.63) is 93.7 Å². The second-order valence-corrected chi connectivity index (χ2v) is 8.97. The minimum Gasteiger partial charge on any atom is -0.467 e. The first kappa shape index (κ1) is 24.3. The summed E-state index contributed by atoms with van der Waals surface area (Å²) < 4.78 is 11.7. The normalized spacial score (nSPS) is 11.9.